The van der Waals surface area contributed by atoms with Crippen LogP contribution in [0.2, 0.25) is 0 Å². The standard InChI is InChI=1S/C10H24N2O/c1-5-9(2)12-7-6-11-8-10(3)13-4/h9-12H,5-8H2,1-4H3. The van der Waals surface area contributed by atoms with E-state index in [1.807, 2.05) is 0 Å². The topological polar surface area (TPSA) is 33.3 Å². The van der Waals surface area contributed by atoms with Gasteiger partial charge in [-0.05, 0) is 20.3 Å². The van der Waals surface area contributed by atoms with Crippen LogP contribution in [0.25, 0.3) is 0 Å². The molecule has 0 heterocycles. The number of nitrogens with one attached hydrogen (secondary N) is 2. The van der Waals surface area contributed by atoms with E-state index in [0.717, 1.165) is 19.6 Å². The van der Waals surface area contributed by atoms with Crippen molar-refractivity contribution in [2.75, 3.05) is 26.7 Å². The SMILES string of the molecule is CCC(C)NCCNCC(C)OC. The highest BCUT2D eigenvalue weighted by atomic mass is 16.5. The highest BCUT2D eigenvalue weighted by Crippen LogP contribution is 1.86. The molecule has 3 heteroatoms. The van der Waals surface area contributed by atoms with Gasteiger partial charge in [-0.25, -0.2) is 0 Å². The van der Waals surface area contributed by atoms with Crippen LogP contribution < -0.4 is 10.6 Å². The Morgan fingerprint density at radius 2 is 1.92 bits per heavy atom. The van der Waals surface area contributed by atoms with Crippen molar-refractivity contribution in [2.24, 2.45) is 0 Å². The Labute approximate surface area is 82.2 Å². The summed E-state index contributed by atoms with van der Waals surface area (Å²) >= 11 is 0. The molecular weight excluding hydrogens is 164 g/mol. The molecule has 0 aliphatic rings. The molecule has 0 aliphatic carbocycles. The Morgan fingerprint density at radius 1 is 1.23 bits per heavy atom. The van der Waals surface area contributed by atoms with Gasteiger partial charge in [-0.3, -0.25) is 0 Å². The van der Waals surface area contributed by atoms with Crippen molar-refractivity contribution in [2.45, 2.75) is 39.3 Å². The summed E-state index contributed by atoms with van der Waals surface area (Å²) in [5, 5.41) is 6.75. The minimum atomic E-state index is 0.309. The zero-order valence-corrected chi connectivity index (χ0v) is 9.39. The van der Waals surface area contributed by atoms with E-state index in [1.165, 1.54) is 6.42 Å². The first-order valence-electron chi connectivity index (χ1n) is 5.17. The highest BCUT2D eigenvalue weighted by molar-refractivity contribution is 4.60. The van der Waals surface area contributed by atoms with Crippen molar-refractivity contribution in [1.82, 2.24) is 10.6 Å². The molecule has 0 fully saturated rings. The average molecular weight is 188 g/mol. The van der Waals surface area contributed by atoms with Gasteiger partial charge in [0.1, 0.15) is 0 Å². The van der Waals surface area contributed by atoms with E-state index in [2.05, 4.69) is 31.4 Å². The molecule has 0 aromatic carbocycles. The summed E-state index contributed by atoms with van der Waals surface area (Å²) in [6.07, 6.45) is 1.50. The third-order valence-electron chi connectivity index (χ3n) is 2.24. The van der Waals surface area contributed by atoms with E-state index in [-0.39, 0.29) is 0 Å². The van der Waals surface area contributed by atoms with Crippen molar-refractivity contribution in [3.63, 3.8) is 0 Å². The zero-order chi connectivity index (χ0) is 10.1. The summed E-state index contributed by atoms with van der Waals surface area (Å²) in [6.45, 7) is 9.44. The molecule has 2 N–H and O–H groups in total. The summed E-state index contributed by atoms with van der Waals surface area (Å²) < 4.78 is 5.12. The Balaban J connectivity index is 3.08. The van der Waals surface area contributed by atoms with Crippen LogP contribution >= 0.6 is 0 Å². The lowest BCUT2D eigenvalue weighted by Crippen LogP contribution is -2.35. The van der Waals surface area contributed by atoms with Gasteiger partial charge in [0.05, 0.1) is 6.10 Å². The fourth-order valence-corrected chi connectivity index (χ4v) is 0.940. The Bertz CT molecular complexity index is 97.1. The third kappa shape index (κ3) is 8.22. The summed E-state index contributed by atoms with van der Waals surface area (Å²) in [5.41, 5.74) is 0. The van der Waals surface area contributed by atoms with Crippen LogP contribution in [-0.2, 0) is 4.74 Å². The second kappa shape index (κ2) is 8.48. The van der Waals surface area contributed by atoms with Gasteiger partial charge in [-0.15, -0.1) is 0 Å². The summed E-state index contributed by atoms with van der Waals surface area (Å²) in [6, 6.07) is 0.627. The third-order valence-corrected chi connectivity index (χ3v) is 2.24. The maximum absolute atomic E-state index is 5.12. The van der Waals surface area contributed by atoms with E-state index in [1.54, 1.807) is 7.11 Å². The quantitative estimate of drug-likeness (QED) is 0.558. The molecule has 0 aromatic rings. The molecule has 3 nitrogen and oxygen atoms in total. The normalized spacial score (nSPS) is 15.7. The van der Waals surface area contributed by atoms with Crippen LogP contribution in [0.5, 0.6) is 0 Å². The van der Waals surface area contributed by atoms with E-state index in [0.29, 0.717) is 12.1 Å². The predicted molar refractivity (Wildman–Crippen MR) is 57.1 cm³/mol. The fourth-order valence-electron chi connectivity index (χ4n) is 0.940. The lowest BCUT2D eigenvalue weighted by atomic mass is 10.2. The van der Waals surface area contributed by atoms with Gasteiger partial charge in [0.15, 0.2) is 0 Å². The number of hydrogen-bond donors (Lipinski definition) is 2. The maximum atomic E-state index is 5.12. The van der Waals surface area contributed by atoms with Crippen LogP contribution in [0.4, 0.5) is 0 Å². The fraction of sp³-hybridized carbons (Fsp3) is 1.00. The lowest BCUT2D eigenvalue weighted by Gasteiger charge is -2.13. The maximum Gasteiger partial charge on any atom is 0.0667 e. The van der Waals surface area contributed by atoms with Crippen LogP contribution in [-0.4, -0.2) is 38.9 Å². The molecule has 0 aromatic heterocycles. The Morgan fingerprint density at radius 3 is 2.46 bits per heavy atom. The average Bonchev–Trinajstić information content (AvgIpc) is 2.16. The van der Waals surface area contributed by atoms with Crippen LogP contribution in [0.3, 0.4) is 0 Å². The molecule has 80 valence electrons. The minimum Gasteiger partial charge on any atom is -0.380 e. The molecule has 2 atom stereocenters. The van der Waals surface area contributed by atoms with Crippen molar-refractivity contribution in [3.8, 4) is 0 Å². The lowest BCUT2D eigenvalue weighted by molar-refractivity contribution is 0.117. The van der Waals surface area contributed by atoms with E-state index < -0.39 is 0 Å². The molecule has 0 aliphatic heterocycles. The smallest absolute Gasteiger partial charge is 0.0667 e. The Kier molecular flexibility index (Phi) is 8.40. The van der Waals surface area contributed by atoms with Crippen LogP contribution in [0.1, 0.15) is 27.2 Å². The van der Waals surface area contributed by atoms with E-state index in [4.69, 9.17) is 4.74 Å². The first kappa shape index (κ1) is 12.9. The largest absolute Gasteiger partial charge is 0.380 e. The predicted octanol–water partition coefficient (Wildman–Crippen LogP) is 0.999. The molecule has 0 spiro atoms. The van der Waals surface area contributed by atoms with Gasteiger partial charge in [0.2, 0.25) is 0 Å². The van der Waals surface area contributed by atoms with Gasteiger partial charge in [0, 0.05) is 32.8 Å². The number of hydrogen-bond acceptors (Lipinski definition) is 3. The summed E-state index contributed by atoms with van der Waals surface area (Å²) in [5.74, 6) is 0. The molecule has 0 amide bonds. The first-order chi connectivity index (χ1) is 6.20. The van der Waals surface area contributed by atoms with Gasteiger partial charge >= 0.3 is 0 Å². The van der Waals surface area contributed by atoms with Gasteiger partial charge < -0.3 is 15.4 Å². The monoisotopic (exact) mass is 188 g/mol. The minimum absolute atomic E-state index is 0.309. The molecule has 0 saturated carbocycles. The molecule has 0 rings (SSSR count). The van der Waals surface area contributed by atoms with Crippen molar-refractivity contribution in [3.05, 3.63) is 0 Å². The Hall–Kier alpha value is -0.120. The second-order valence-electron chi connectivity index (χ2n) is 3.51. The first-order valence-corrected chi connectivity index (χ1v) is 5.17. The number of methoxy groups -OCH3 is 1. The summed E-state index contributed by atoms with van der Waals surface area (Å²) in [4.78, 5) is 0. The van der Waals surface area contributed by atoms with Crippen molar-refractivity contribution >= 4 is 0 Å². The van der Waals surface area contributed by atoms with Crippen molar-refractivity contribution < 1.29 is 4.74 Å². The molecular formula is C10H24N2O. The van der Waals surface area contributed by atoms with Gasteiger partial charge in [-0.2, -0.15) is 0 Å². The number of ether oxygens (including phenoxy) is 1. The van der Waals surface area contributed by atoms with Gasteiger partial charge in [-0.1, -0.05) is 6.92 Å². The van der Waals surface area contributed by atoms with E-state index in [9.17, 15) is 0 Å². The molecule has 2 unspecified atom stereocenters. The second-order valence-corrected chi connectivity index (χ2v) is 3.51. The van der Waals surface area contributed by atoms with Crippen LogP contribution in [0, 0.1) is 0 Å². The zero-order valence-electron chi connectivity index (χ0n) is 9.39. The van der Waals surface area contributed by atoms with Gasteiger partial charge in [0.25, 0.3) is 0 Å². The van der Waals surface area contributed by atoms with Crippen LogP contribution in [0.15, 0.2) is 0 Å². The summed E-state index contributed by atoms with van der Waals surface area (Å²) in [7, 11) is 1.74. The molecule has 0 bridgehead atoms. The highest BCUT2D eigenvalue weighted by Gasteiger charge is 1.98. The molecule has 0 radical (unpaired) electrons. The van der Waals surface area contributed by atoms with E-state index >= 15 is 0 Å². The number of rotatable bonds is 8. The van der Waals surface area contributed by atoms with Crippen molar-refractivity contribution in [1.29, 1.82) is 0 Å². The molecule has 13 heavy (non-hydrogen) atoms. The molecule has 0 saturated heterocycles.